The molecule has 1 saturated heterocycles. The van der Waals surface area contributed by atoms with Crippen LogP contribution in [-0.4, -0.2) is 78.6 Å². The molecule has 4 aromatic rings. The summed E-state index contributed by atoms with van der Waals surface area (Å²) in [4.78, 5) is 25.0. The second-order valence-corrected chi connectivity index (χ2v) is 11.2. The monoisotopic (exact) mass is 584 g/mol. The molecular weight excluding hydrogens is 554 g/mol. The number of sulfonamides is 1. The van der Waals surface area contributed by atoms with Crippen LogP contribution in [0.4, 0.5) is 26.2 Å². The smallest absolute Gasteiger partial charge is 0.232 e. The van der Waals surface area contributed by atoms with E-state index in [1.54, 1.807) is 24.5 Å². The first kappa shape index (κ1) is 28.5. The minimum absolute atomic E-state index is 0.0955. The van der Waals surface area contributed by atoms with Gasteiger partial charge in [-0.25, -0.2) is 37.7 Å². The molecule has 1 aliphatic rings. The molecule has 41 heavy (non-hydrogen) atoms. The second-order valence-electron chi connectivity index (χ2n) is 9.39. The fourth-order valence-corrected chi connectivity index (χ4v) is 5.40. The van der Waals surface area contributed by atoms with E-state index in [0.29, 0.717) is 60.5 Å². The number of pyridine rings is 1. The van der Waals surface area contributed by atoms with Crippen LogP contribution in [0, 0.1) is 5.82 Å². The highest BCUT2D eigenvalue weighted by atomic mass is 32.2. The van der Waals surface area contributed by atoms with Crippen LogP contribution in [0.15, 0.2) is 42.7 Å². The van der Waals surface area contributed by atoms with Gasteiger partial charge in [0.05, 0.1) is 48.1 Å². The molecule has 216 valence electrons. The number of hydrogen-bond donors (Lipinski definition) is 2. The van der Waals surface area contributed by atoms with E-state index >= 15 is 4.39 Å². The van der Waals surface area contributed by atoms with Crippen molar-refractivity contribution in [2.24, 2.45) is 0 Å². The maximum Gasteiger partial charge on any atom is 0.232 e. The van der Waals surface area contributed by atoms with Crippen LogP contribution in [-0.2, 0) is 14.8 Å². The molecule has 0 aliphatic carbocycles. The molecule has 1 aliphatic heterocycles. The second kappa shape index (κ2) is 12.6. The predicted molar refractivity (Wildman–Crippen MR) is 154 cm³/mol. The topological polar surface area (TPSA) is 135 Å². The van der Waals surface area contributed by atoms with E-state index in [4.69, 9.17) is 19.7 Å². The van der Waals surface area contributed by atoms with Gasteiger partial charge in [0.2, 0.25) is 16.0 Å². The molecular formula is C27H30F2N8O3S. The predicted octanol–water partition coefficient (Wildman–Crippen LogP) is 4.05. The van der Waals surface area contributed by atoms with E-state index in [2.05, 4.69) is 26.9 Å². The third-order valence-electron chi connectivity index (χ3n) is 6.36. The summed E-state index contributed by atoms with van der Waals surface area (Å²) in [6.07, 6.45) is 4.08. The van der Waals surface area contributed by atoms with Gasteiger partial charge in [0.15, 0.2) is 17.5 Å². The van der Waals surface area contributed by atoms with Gasteiger partial charge >= 0.3 is 0 Å². The number of morpholine rings is 1. The number of alkyl halides is 1. The summed E-state index contributed by atoms with van der Waals surface area (Å²) in [5.41, 5.74) is 1.77. The highest BCUT2D eigenvalue weighted by Crippen LogP contribution is 2.32. The molecule has 0 atom stereocenters. The Morgan fingerprint density at radius 3 is 2.56 bits per heavy atom. The Kier molecular flexibility index (Phi) is 8.78. The molecule has 0 radical (unpaired) electrons. The first-order chi connectivity index (χ1) is 19.9. The van der Waals surface area contributed by atoms with E-state index in [1.807, 2.05) is 4.90 Å². The van der Waals surface area contributed by atoms with Crippen LogP contribution in [0.2, 0.25) is 0 Å². The lowest BCUT2D eigenvalue weighted by molar-refractivity contribution is 0.122. The zero-order valence-corrected chi connectivity index (χ0v) is 23.3. The first-order valence-corrected chi connectivity index (χ1v) is 15.0. The molecule has 14 heteroatoms. The zero-order valence-electron chi connectivity index (χ0n) is 22.5. The van der Waals surface area contributed by atoms with Gasteiger partial charge in [-0.2, -0.15) is 0 Å². The SMILES string of the molecule is CCCNc1ncc(-c2nc(N3CCOCC3)c3nc(-c4cccc(NS(=O)(=O)CCCF)c4F)ccc3n2)cn1. The third-order valence-corrected chi connectivity index (χ3v) is 7.72. The van der Waals surface area contributed by atoms with Crippen molar-refractivity contribution in [2.45, 2.75) is 19.8 Å². The molecule has 1 aromatic carbocycles. The van der Waals surface area contributed by atoms with Gasteiger partial charge < -0.3 is 15.0 Å². The molecule has 0 unspecified atom stereocenters. The molecule has 4 heterocycles. The van der Waals surface area contributed by atoms with Gasteiger partial charge in [0, 0.05) is 37.6 Å². The number of halogens is 2. The van der Waals surface area contributed by atoms with Gasteiger partial charge in [0.1, 0.15) is 5.52 Å². The van der Waals surface area contributed by atoms with Crippen molar-refractivity contribution in [3.8, 4) is 22.6 Å². The summed E-state index contributed by atoms with van der Waals surface area (Å²) in [6, 6.07) is 7.70. The first-order valence-electron chi connectivity index (χ1n) is 13.3. The van der Waals surface area contributed by atoms with Crippen LogP contribution >= 0.6 is 0 Å². The molecule has 11 nitrogen and oxygen atoms in total. The zero-order chi connectivity index (χ0) is 28.8. The normalized spacial score (nSPS) is 13.9. The van der Waals surface area contributed by atoms with E-state index in [0.717, 1.165) is 13.0 Å². The van der Waals surface area contributed by atoms with Crippen LogP contribution < -0.4 is 14.9 Å². The van der Waals surface area contributed by atoms with Crippen LogP contribution in [0.1, 0.15) is 19.8 Å². The van der Waals surface area contributed by atoms with Crippen molar-refractivity contribution in [1.29, 1.82) is 0 Å². The Morgan fingerprint density at radius 1 is 1.05 bits per heavy atom. The number of benzene rings is 1. The quantitative estimate of drug-likeness (QED) is 0.266. The van der Waals surface area contributed by atoms with Crippen molar-refractivity contribution in [1.82, 2.24) is 24.9 Å². The average molecular weight is 585 g/mol. The highest BCUT2D eigenvalue weighted by molar-refractivity contribution is 7.92. The Hall–Kier alpha value is -4.04. The summed E-state index contributed by atoms with van der Waals surface area (Å²) in [6.45, 7) is 4.22. The van der Waals surface area contributed by atoms with Crippen molar-refractivity contribution in [3.63, 3.8) is 0 Å². The van der Waals surface area contributed by atoms with E-state index in [9.17, 15) is 12.8 Å². The molecule has 0 spiro atoms. The van der Waals surface area contributed by atoms with Crippen LogP contribution in [0.5, 0.6) is 0 Å². The molecule has 0 amide bonds. The number of hydrogen-bond acceptors (Lipinski definition) is 10. The summed E-state index contributed by atoms with van der Waals surface area (Å²) in [5, 5.41) is 3.14. The fourth-order valence-electron chi connectivity index (χ4n) is 4.32. The fraction of sp³-hybridized carbons (Fsp3) is 0.370. The molecule has 3 aromatic heterocycles. The van der Waals surface area contributed by atoms with Crippen molar-refractivity contribution in [3.05, 3.63) is 48.5 Å². The summed E-state index contributed by atoms with van der Waals surface area (Å²) in [7, 11) is -3.92. The maximum absolute atomic E-state index is 15.5. The Morgan fingerprint density at radius 2 is 1.83 bits per heavy atom. The van der Waals surface area contributed by atoms with E-state index < -0.39 is 28.3 Å². The number of ether oxygens (including phenoxy) is 1. The Balaban J connectivity index is 1.55. The number of nitrogens with zero attached hydrogens (tertiary/aromatic N) is 6. The molecule has 0 bridgehead atoms. The lowest BCUT2D eigenvalue weighted by Gasteiger charge is -2.28. The van der Waals surface area contributed by atoms with Gasteiger partial charge in [-0.05, 0) is 37.1 Å². The summed E-state index contributed by atoms with van der Waals surface area (Å²) in [5.74, 6) is 0.262. The number of anilines is 3. The van der Waals surface area contributed by atoms with Gasteiger partial charge in [-0.1, -0.05) is 13.0 Å². The van der Waals surface area contributed by atoms with Crippen molar-refractivity contribution in [2.75, 3.05) is 60.2 Å². The molecule has 0 saturated carbocycles. The number of fused-ring (bicyclic) bond motifs is 1. The number of aromatic nitrogens is 5. The molecule has 5 rings (SSSR count). The minimum Gasteiger partial charge on any atom is -0.378 e. The summed E-state index contributed by atoms with van der Waals surface area (Å²) < 4.78 is 60.3. The standard InChI is InChI=1S/C27H30F2N8O3S/c1-2-10-30-27-31-16-18(17-32-27)25-34-22-8-7-20(33-24(22)26(35-25)37-11-13-40-14-12-37)19-5-3-6-21(23(19)29)36-41(38,39)15-4-9-28/h3,5-8,16-17,36H,2,4,9-15H2,1H3,(H,30,31,32). The summed E-state index contributed by atoms with van der Waals surface area (Å²) >= 11 is 0. The Labute approximate surface area is 236 Å². The average Bonchev–Trinajstić information content (AvgIpc) is 3.00. The van der Waals surface area contributed by atoms with Crippen LogP contribution in [0.3, 0.4) is 0 Å². The van der Waals surface area contributed by atoms with E-state index in [1.165, 1.54) is 18.2 Å². The van der Waals surface area contributed by atoms with Crippen molar-refractivity contribution >= 4 is 38.5 Å². The van der Waals surface area contributed by atoms with E-state index in [-0.39, 0.29) is 23.4 Å². The van der Waals surface area contributed by atoms with Crippen molar-refractivity contribution < 1.29 is 21.9 Å². The minimum atomic E-state index is -3.92. The molecule has 2 N–H and O–H groups in total. The van der Waals surface area contributed by atoms with Gasteiger partial charge in [0.25, 0.3) is 0 Å². The van der Waals surface area contributed by atoms with Crippen LogP contribution in [0.25, 0.3) is 33.7 Å². The Bertz CT molecular complexity index is 1620. The highest BCUT2D eigenvalue weighted by Gasteiger charge is 2.22. The lowest BCUT2D eigenvalue weighted by atomic mass is 10.1. The molecule has 1 fully saturated rings. The number of rotatable bonds is 11. The lowest BCUT2D eigenvalue weighted by Crippen LogP contribution is -2.37. The van der Waals surface area contributed by atoms with Gasteiger partial charge in [-0.15, -0.1) is 0 Å². The largest absolute Gasteiger partial charge is 0.378 e. The maximum atomic E-state index is 15.5. The van der Waals surface area contributed by atoms with Gasteiger partial charge in [-0.3, -0.25) is 9.11 Å². The third kappa shape index (κ3) is 6.65. The number of nitrogens with one attached hydrogen (secondary N) is 2.